The molecule has 200 valence electrons. The topological polar surface area (TPSA) is 67.7 Å². The van der Waals surface area contributed by atoms with Crippen LogP contribution in [0.5, 0.6) is 0 Å². The summed E-state index contributed by atoms with van der Waals surface area (Å²) in [4.78, 5) is 30.3. The van der Waals surface area contributed by atoms with E-state index in [1.807, 2.05) is 20.8 Å². The molecule has 3 aromatic rings. The zero-order valence-corrected chi connectivity index (χ0v) is 22.4. The van der Waals surface area contributed by atoms with Gasteiger partial charge in [0.25, 0.3) is 0 Å². The van der Waals surface area contributed by atoms with E-state index in [1.165, 1.54) is 40.9 Å². The predicted octanol–water partition coefficient (Wildman–Crippen LogP) is 4.48. The summed E-state index contributed by atoms with van der Waals surface area (Å²) in [5, 5.41) is 4.64. The normalized spacial score (nSPS) is 18.3. The molecule has 1 aromatic heterocycles. The Labute approximate surface area is 224 Å². The van der Waals surface area contributed by atoms with E-state index < -0.39 is 11.2 Å². The van der Waals surface area contributed by atoms with Crippen LogP contribution in [0.3, 0.4) is 0 Å². The summed E-state index contributed by atoms with van der Waals surface area (Å²) in [5.41, 5.74) is 2.51. The monoisotopic (exact) mass is 540 g/mol. The van der Waals surface area contributed by atoms with E-state index in [2.05, 4.69) is 0 Å². The van der Waals surface area contributed by atoms with Gasteiger partial charge in [-0.05, 0) is 42.0 Å². The molecular formula is C28H30F2N4O3S. The number of hydrogen-bond donors (Lipinski definition) is 0. The number of fused-ring (bicyclic) bond motifs is 1. The van der Waals surface area contributed by atoms with Gasteiger partial charge in [-0.25, -0.2) is 13.5 Å². The first kappa shape index (κ1) is 26.4. The smallest absolute Gasteiger partial charge is 0.242 e. The predicted molar refractivity (Wildman–Crippen MR) is 143 cm³/mol. The summed E-state index contributed by atoms with van der Waals surface area (Å²) >= 11 is 1.43. The third kappa shape index (κ3) is 5.19. The molecule has 2 aromatic carbocycles. The van der Waals surface area contributed by atoms with Gasteiger partial charge in [0.1, 0.15) is 24.0 Å². The van der Waals surface area contributed by atoms with Gasteiger partial charge >= 0.3 is 0 Å². The number of carbonyl (C=O) groups excluding carboxylic acids is 2. The Kier molecular flexibility index (Phi) is 7.28. The van der Waals surface area contributed by atoms with E-state index >= 15 is 0 Å². The van der Waals surface area contributed by atoms with Gasteiger partial charge in [0.15, 0.2) is 0 Å². The van der Waals surface area contributed by atoms with E-state index in [4.69, 9.17) is 9.84 Å². The maximum Gasteiger partial charge on any atom is 0.242 e. The van der Waals surface area contributed by atoms with Gasteiger partial charge in [-0.3, -0.25) is 14.5 Å². The summed E-state index contributed by atoms with van der Waals surface area (Å²) < 4.78 is 34.7. The van der Waals surface area contributed by atoms with Crippen molar-refractivity contribution in [1.82, 2.24) is 14.7 Å². The fourth-order valence-electron chi connectivity index (χ4n) is 4.78. The van der Waals surface area contributed by atoms with Crippen LogP contribution in [0, 0.1) is 11.6 Å². The third-order valence-corrected chi connectivity index (χ3v) is 7.96. The van der Waals surface area contributed by atoms with Gasteiger partial charge < -0.3 is 9.64 Å². The summed E-state index contributed by atoms with van der Waals surface area (Å²) in [6.45, 7) is 7.78. The van der Waals surface area contributed by atoms with Crippen LogP contribution >= 0.6 is 11.8 Å². The standard InChI is InChI=1S/C28H30F2N4O3S/c1-28(2,3)26-24-25(18-4-6-19(29)7-5-18)38-17-23(36)33(16-22(35)32-12-14-37-15-13-32)27(24)34(31-26)21-10-8-20(30)9-11-21/h4-11,25H,12-17H2,1-3H3. The molecule has 1 atom stereocenters. The number of ether oxygens (including phenoxy) is 1. The number of morpholine rings is 1. The second kappa shape index (κ2) is 10.5. The number of carbonyl (C=O) groups is 2. The Morgan fingerprint density at radius 2 is 1.63 bits per heavy atom. The number of thioether (sulfide) groups is 1. The number of anilines is 1. The van der Waals surface area contributed by atoms with E-state index in [0.717, 1.165) is 16.8 Å². The van der Waals surface area contributed by atoms with Crippen molar-refractivity contribution in [3.05, 3.63) is 77.0 Å². The Hall–Kier alpha value is -3.24. The van der Waals surface area contributed by atoms with Crippen LogP contribution < -0.4 is 4.90 Å². The number of hydrogen-bond acceptors (Lipinski definition) is 5. The molecule has 5 rings (SSSR count). The average molecular weight is 541 g/mol. The van der Waals surface area contributed by atoms with Crippen molar-refractivity contribution >= 4 is 29.4 Å². The van der Waals surface area contributed by atoms with E-state index in [9.17, 15) is 18.4 Å². The minimum Gasteiger partial charge on any atom is -0.378 e. The van der Waals surface area contributed by atoms with Crippen LogP contribution in [-0.4, -0.2) is 65.1 Å². The van der Waals surface area contributed by atoms with Crippen molar-refractivity contribution in [3.8, 4) is 5.69 Å². The van der Waals surface area contributed by atoms with Crippen molar-refractivity contribution in [1.29, 1.82) is 0 Å². The van der Waals surface area contributed by atoms with Crippen LogP contribution in [-0.2, 0) is 19.7 Å². The Balaban J connectivity index is 1.72. The molecule has 1 fully saturated rings. The molecule has 0 saturated carbocycles. The summed E-state index contributed by atoms with van der Waals surface area (Å²) in [5.74, 6) is -0.543. The molecule has 7 nitrogen and oxygen atoms in total. The molecule has 0 spiro atoms. The molecule has 10 heteroatoms. The number of benzene rings is 2. The van der Waals surface area contributed by atoms with Crippen molar-refractivity contribution in [3.63, 3.8) is 0 Å². The highest BCUT2D eigenvalue weighted by Crippen LogP contribution is 2.48. The quantitative estimate of drug-likeness (QED) is 0.488. The maximum absolute atomic E-state index is 13.8. The van der Waals surface area contributed by atoms with E-state index in [1.54, 1.807) is 33.8 Å². The first-order valence-corrected chi connectivity index (χ1v) is 13.6. The fraction of sp³-hybridized carbons (Fsp3) is 0.393. The van der Waals surface area contributed by atoms with Gasteiger partial charge in [-0.15, -0.1) is 11.8 Å². The van der Waals surface area contributed by atoms with E-state index in [-0.39, 0.29) is 35.2 Å². The van der Waals surface area contributed by atoms with Gasteiger partial charge in [0, 0.05) is 24.1 Å². The highest BCUT2D eigenvalue weighted by atomic mass is 32.2. The summed E-state index contributed by atoms with van der Waals surface area (Å²) in [6, 6.07) is 12.1. The molecule has 2 aliphatic heterocycles. The lowest BCUT2D eigenvalue weighted by atomic mass is 9.87. The molecule has 3 heterocycles. The fourth-order valence-corrected chi connectivity index (χ4v) is 5.98. The van der Waals surface area contributed by atoms with Gasteiger partial charge in [0.2, 0.25) is 11.8 Å². The van der Waals surface area contributed by atoms with Gasteiger partial charge in [-0.1, -0.05) is 32.9 Å². The van der Waals surface area contributed by atoms with Crippen molar-refractivity contribution in [2.45, 2.75) is 31.4 Å². The first-order chi connectivity index (χ1) is 18.1. The first-order valence-electron chi connectivity index (χ1n) is 12.6. The Morgan fingerprint density at radius 1 is 1.03 bits per heavy atom. The number of rotatable bonds is 4. The second-order valence-corrected chi connectivity index (χ2v) is 11.5. The number of amides is 2. The van der Waals surface area contributed by atoms with E-state index in [0.29, 0.717) is 37.8 Å². The van der Waals surface area contributed by atoms with Gasteiger partial charge in [-0.2, -0.15) is 5.10 Å². The lowest BCUT2D eigenvalue weighted by Crippen LogP contribution is -2.48. The van der Waals surface area contributed by atoms with Crippen LogP contribution in [0.15, 0.2) is 48.5 Å². The van der Waals surface area contributed by atoms with Crippen LogP contribution in [0.1, 0.15) is 42.8 Å². The largest absolute Gasteiger partial charge is 0.378 e. The highest BCUT2D eigenvalue weighted by Gasteiger charge is 2.40. The average Bonchev–Trinajstić information content (AvgIpc) is 3.23. The lowest BCUT2D eigenvalue weighted by Gasteiger charge is -2.30. The molecule has 38 heavy (non-hydrogen) atoms. The van der Waals surface area contributed by atoms with Crippen molar-refractivity contribution < 1.29 is 23.1 Å². The van der Waals surface area contributed by atoms with Crippen LogP contribution in [0.4, 0.5) is 14.6 Å². The molecule has 0 aliphatic carbocycles. The molecule has 1 unspecified atom stereocenters. The maximum atomic E-state index is 13.8. The minimum atomic E-state index is -0.429. The van der Waals surface area contributed by atoms with Crippen LogP contribution in [0.25, 0.3) is 5.69 Å². The van der Waals surface area contributed by atoms with Gasteiger partial charge in [0.05, 0.1) is 35.6 Å². The number of halogens is 2. The Morgan fingerprint density at radius 3 is 2.24 bits per heavy atom. The van der Waals surface area contributed by atoms with Crippen molar-refractivity contribution in [2.24, 2.45) is 0 Å². The van der Waals surface area contributed by atoms with Crippen LogP contribution in [0.2, 0.25) is 0 Å². The van der Waals surface area contributed by atoms with Crippen molar-refractivity contribution in [2.75, 3.05) is 43.5 Å². The lowest BCUT2D eigenvalue weighted by molar-refractivity contribution is -0.134. The highest BCUT2D eigenvalue weighted by molar-refractivity contribution is 8.00. The molecule has 0 bridgehead atoms. The second-order valence-electron chi connectivity index (χ2n) is 10.4. The number of aromatic nitrogens is 2. The minimum absolute atomic E-state index is 0.125. The molecule has 0 N–H and O–H groups in total. The Bertz CT molecular complexity index is 1330. The zero-order valence-electron chi connectivity index (χ0n) is 21.6. The summed E-state index contributed by atoms with van der Waals surface area (Å²) in [6.07, 6.45) is 0. The zero-order chi connectivity index (χ0) is 27.0. The molecule has 0 radical (unpaired) electrons. The molecule has 1 saturated heterocycles. The molecule has 2 amide bonds. The summed E-state index contributed by atoms with van der Waals surface area (Å²) in [7, 11) is 0. The third-order valence-electron chi connectivity index (χ3n) is 6.70. The molecule has 2 aliphatic rings. The molecular weight excluding hydrogens is 510 g/mol. The number of nitrogens with zero attached hydrogens (tertiary/aromatic N) is 4. The SMILES string of the molecule is CC(C)(C)c1nn(-c2ccc(F)cc2)c2c1C(c1ccc(F)cc1)SCC(=O)N2CC(=O)N1CCOCC1.